The highest BCUT2D eigenvalue weighted by molar-refractivity contribution is 5.57. The van der Waals surface area contributed by atoms with E-state index in [2.05, 4.69) is 15.2 Å². The van der Waals surface area contributed by atoms with Crippen molar-refractivity contribution in [2.75, 3.05) is 18.0 Å². The van der Waals surface area contributed by atoms with Crippen LogP contribution in [0.3, 0.4) is 0 Å². The third-order valence-corrected chi connectivity index (χ3v) is 3.40. The number of aromatic nitrogens is 3. The van der Waals surface area contributed by atoms with Crippen molar-refractivity contribution in [3.05, 3.63) is 29.8 Å². The summed E-state index contributed by atoms with van der Waals surface area (Å²) in [6.45, 7) is 1.49. The second-order valence-electron chi connectivity index (χ2n) is 4.96. The van der Waals surface area contributed by atoms with Gasteiger partial charge < -0.3 is 10.6 Å². The normalized spacial score (nSPS) is 19.4. The van der Waals surface area contributed by atoms with Gasteiger partial charge in [-0.15, -0.1) is 5.10 Å². The number of H-pyrrole nitrogens is 1. The number of halogens is 2. The average molecular weight is 279 g/mol. The predicted molar refractivity (Wildman–Crippen MR) is 71.2 cm³/mol. The van der Waals surface area contributed by atoms with E-state index in [9.17, 15) is 8.78 Å². The molecule has 0 bridgehead atoms. The summed E-state index contributed by atoms with van der Waals surface area (Å²) in [4.78, 5) is 6.19. The summed E-state index contributed by atoms with van der Waals surface area (Å²) in [5.74, 6) is -0.362. The molecule has 3 N–H and O–H groups in total. The Morgan fingerprint density at radius 1 is 1.35 bits per heavy atom. The van der Waals surface area contributed by atoms with Gasteiger partial charge in [-0.3, -0.25) is 5.10 Å². The van der Waals surface area contributed by atoms with E-state index in [1.165, 1.54) is 0 Å². The van der Waals surface area contributed by atoms with Gasteiger partial charge in [0.2, 0.25) is 5.95 Å². The van der Waals surface area contributed by atoms with Gasteiger partial charge in [0.05, 0.1) is 5.56 Å². The Morgan fingerprint density at radius 3 is 3.00 bits per heavy atom. The topological polar surface area (TPSA) is 70.8 Å². The molecule has 0 aliphatic carbocycles. The van der Waals surface area contributed by atoms with E-state index in [1.54, 1.807) is 0 Å². The lowest BCUT2D eigenvalue weighted by Crippen LogP contribution is -2.43. The zero-order chi connectivity index (χ0) is 14.1. The van der Waals surface area contributed by atoms with Crippen LogP contribution in [0.25, 0.3) is 11.4 Å². The van der Waals surface area contributed by atoms with Gasteiger partial charge in [-0.2, -0.15) is 4.98 Å². The van der Waals surface area contributed by atoms with Crippen molar-refractivity contribution < 1.29 is 8.78 Å². The van der Waals surface area contributed by atoms with Gasteiger partial charge in [0.15, 0.2) is 5.82 Å². The summed E-state index contributed by atoms with van der Waals surface area (Å²) in [6, 6.07) is 3.34. The molecular formula is C13H15F2N5. The number of hydrogen-bond acceptors (Lipinski definition) is 4. The lowest BCUT2D eigenvalue weighted by molar-refractivity contribution is 0.500. The van der Waals surface area contributed by atoms with E-state index in [0.717, 1.165) is 37.6 Å². The van der Waals surface area contributed by atoms with Crippen LogP contribution >= 0.6 is 0 Å². The molecule has 1 aromatic heterocycles. The fraction of sp³-hybridized carbons (Fsp3) is 0.385. The molecule has 7 heteroatoms. The van der Waals surface area contributed by atoms with E-state index in [0.29, 0.717) is 12.5 Å². The SMILES string of the molecule is NC1CCCN(c2n[nH]c(-c3cc(F)ccc3F)n2)C1. The van der Waals surface area contributed by atoms with Crippen LogP contribution in [0, 0.1) is 11.6 Å². The second-order valence-corrected chi connectivity index (χ2v) is 4.96. The molecule has 0 spiro atoms. The molecule has 1 fully saturated rings. The van der Waals surface area contributed by atoms with Gasteiger partial charge in [0.1, 0.15) is 11.6 Å². The quantitative estimate of drug-likeness (QED) is 0.877. The van der Waals surface area contributed by atoms with Crippen LogP contribution in [0.4, 0.5) is 14.7 Å². The van der Waals surface area contributed by atoms with Gasteiger partial charge >= 0.3 is 0 Å². The highest BCUT2D eigenvalue weighted by Crippen LogP contribution is 2.23. The van der Waals surface area contributed by atoms with Crippen molar-refractivity contribution in [2.24, 2.45) is 5.73 Å². The number of nitrogens with one attached hydrogen (secondary N) is 1. The molecule has 1 atom stereocenters. The number of nitrogens with two attached hydrogens (primary N) is 1. The molecule has 2 aromatic rings. The molecule has 1 aliphatic heterocycles. The molecule has 106 valence electrons. The van der Waals surface area contributed by atoms with Crippen molar-refractivity contribution in [3.8, 4) is 11.4 Å². The first-order valence-corrected chi connectivity index (χ1v) is 6.52. The molecule has 0 amide bonds. The summed E-state index contributed by atoms with van der Waals surface area (Å²) < 4.78 is 26.9. The fourth-order valence-electron chi connectivity index (χ4n) is 2.39. The van der Waals surface area contributed by atoms with E-state index in [-0.39, 0.29) is 17.4 Å². The monoisotopic (exact) mass is 279 g/mol. The van der Waals surface area contributed by atoms with E-state index in [4.69, 9.17) is 5.73 Å². The summed E-state index contributed by atoms with van der Waals surface area (Å²) >= 11 is 0. The number of aromatic amines is 1. The van der Waals surface area contributed by atoms with Gasteiger partial charge in [0, 0.05) is 19.1 Å². The van der Waals surface area contributed by atoms with Crippen molar-refractivity contribution in [3.63, 3.8) is 0 Å². The fourth-order valence-corrected chi connectivity index (χ4v) is 2.39. The minimum Gasteiger partial charge on any atom is -0.338 e. The Kier molecular flexibility index (Phi) is 3.35. The Balaban J connectivity index is 1.88. The third kappa shape index (κ3) is 2.49. The molecule has 1 unspecified atom stereocenters. The molecule has 1 aromatic carbocycles. The maximum Gasteiger partial charge on any atom is 0.245 e. The van der Waals surface area contributed by atoms with Crippen molar-refractivity contribution in [1.29, 1.82) is 0 Å². The first-order chi connectivity index (χ1) is 9.63. The molecule has 1 aliphatic rings. The minimum atomic E-state index is -0.538. The minimum absolute atomic E-state index is 0.0741. The molecular weight excluding hydrogens is 264 g/mol. The first kappa shape index (κ1) is 13.0. The second kappa shape index (κ2) is 5.16. The van der Waals surface area contributed by atoms with Gasteiger partial charge in [0.25, 0.3) is 0 Å². The molecule has 0 radical (unpaired) electrons. The van der Waals surface area contributed by atoms with Crippen LogP contribution in [-0.2, 0) is 0 Å². The van der Waals surface area contributed by atoms with Crippen LogP contribution in [0.15, 0.2) is 18.2 Å². The zero-order valence-corrected chi connectivity index (χ0v) is 10.8. The highest BCUT2D eigenvalue weighted by Gasteiger charge is 2.21. The Bertz CT molecular complexity index is 613. The smallest absolute Gasteiger partial charge is 0.245 e. The number of nitrogens with zero attached hydrogens (tertiary/aromatic N) is 3. The first-order valence-electron chi connectivity index (χ1n) is 6.52. The molecule has 5 nitrogen and oxygen atoms in total. The van der Waals surface area contributed by atoms with Gasteiger partial charge in [-0.25, -0.2) is 8.78 Å². The lowest BCUT2D eigenvalue weighted by atomic mass is 10.1. The molecule has 0 saturated carbocycles. The maximum absolute atomic E-state index is 13.7. The molecule has 2 heterocycles. The number of anilines is 1. The zero-order valence-electron chi connectivity index (χ0n) is 10.8. The van der Waals surface area contributed by atoms with Crippen LogP contribution in [-0.4, -0.2) is 34.3 Å². The van der Waals surface area contributed by atoms with Crippen LogP contribution in [0.2, 0.25) is 0 Å². The van der Waals surface area contributed by atoms with Crippen molar-refractivity contribution in [1.82, 2.24) is 15.2 Å². The van der Waals surface area contributed by atoms with E-state index >= 15 is 0 Å². The average Bonchev–Trinajstić information content (AvgIpc) is 2.91. The molecule has 1 saturated heterocycles. The van der Waals surface area contributed by atoms with Gasteiger partial charge in [-0.05, 0) is 31.0 Å². The van der Waals surface area contributed by atoms with Crippen LogP contribution in [0.5, 0.6) is 0 Å². The number of hydrogen-bond donors (Lipinski definition) is 2. The van der Waals surface area contributed by atoms with E-state index < -0.39 is 11.6 Å². The van der Waals surface area contributed by atoms with Crippen molar-refractivity contribution >= 4 is 5.95 Å². The standard InChI is InChI=1S/C13H15F2N5/c14-8-3-4-11(15)10(6-8)12-17-13(19-18-12)20-5-1-2-9(16)7-20/h3-4,6,9H,1-2,5,7,16H2,(H,17,18,19). The van der Waals surface area contributed by atoms with Crippen LogP contribution in [0.1, 0.15) is 12.8 Å². The number of piperidine rings is 1. The summed E-state index contributed by atoms with van der Waals surface area (Å²) in [5, 5.41) is 6.72. The summed E-state index contributed by atoms with van der Waals surface area (Å²) in [5.41, 5.74) is 5.98. The van der Waals surface area contributed by atoms with Crippen LogP contribution < -0.4 is 10.6 Å². The Hall–Kier alpha value is -2.02. The Morgan fingerprint density at radius 2 is 2.20 bits per heavy atom. The molecule has 20 heavy (non-hydrogen) atoms. The Labute approximate surface area is 114 Å². The lowest BCUT2D eigenvalue weighted by Gasteiger charge is -2.29. The number of rotatable bonds is 2. The van der Waals surface area contributed by atoms with E-state index in [1.807, 2.05) is 4.90 Å². The summed E-state index contributed by atoms with van der Waals surface area (Å²) in [6.07, 6.45) is 1.95. The van der Waals surface area contributed by atoms with Crippen molar-refractivity contribution in [2.45, 2.75) is 18.9 Å². The summed E-state index contributed by atoms with van der Waals surface area (Å²) in [7, 11) is 0. The third-order valence-electron chi connectivity index (χ3n) is 3.40. The molecule has 3 rings (SSSR count). The van der Waals surface area contributed by atoms with Gasteiger partial charge in [-0.1, -0.05) is 0 Å². The largest absolute Gasteiger partial charge is 0.338 e. The number of benzene rings is 1. The highest BCUT2D eigenvalue weighted by atomic mass is 19.1. The predicted octanol–water partition coefficient (Wildman–Crippen LogP) is 1.68. The maximum atomic E-state index is 13.7.